The van der Waals surface area contributed by atoms with Crippen molar-refractivity contribution in [1.29, 1.82) is 0 Å². The van der Waals surface area contributed by atoms with Gasteiger partial charge < -0.3 is 19.7 Å². The Balaban J connectivity index is 4.21. The van der Waals surface area contributed by atoms with Crippen LogP contribution in [-0.4, -0.2) is 56.3 Å². The number of phosphoric ester groups is 1. The molecule has 0 rings (SSSR count). The maximum atomic E-state index is 12.6. The molecule has 0 saturated heterocycles. The summed E-state index contributed by atoms with van der Waals surface area (Å²) < 4.78 is 33.2. The van der Waals surface area contributed by atoms with Gasteiger partial charge in [-0.2, -0.15) is 0 Å². The van der Waals surface area contributed by atoms with E-state index in [-0.39, 0.29) is 32.0 Å². The van der Waals surface area contributed by atoms with Gasteiger partial charge in [-0.05, 0) is 52.0 Å². The number of carbonyl (C=O) groups is 2. The van der Waals surface area contributed by atoms with Gasteiger partial charge in [0.15, 0.2) is 6.10 Å². The molecule has 0 fully saturated rings. The monoisotopic (exact) mass is 784 g/mol. The highest BCUT2D eigenvalue weighted by Gasteiger charge is 2.26. The van der Waals surface area contributed by atoms with Gasteiger partial charge in [0.2, 0.25) is 0 Å². The molecule has 0 saturated carbocycles. The molecule has 2 N–H and O–H groups in total. The van der Waals surface area contributed by atoms with Crippen molar-refractivity contribution in [1.82, 2.24) is 5.32 Å². The Kier molecular flexibility index (Phi) is 39.5. The van der Waals surface area contributed by atoms with Crippen molar-refractivity contribution in [2.45, 2.75) is 200 Å². The lowest BCUT2D eigenvalue weighted by molar-refractivity contribution is -0.161. The van der Waals surface area contributed by atoms with Crippen LogP contribution in [0.25, 0.3) is 0 Å². The molecule has 0 aromatic carbocycles. The normalized spacial score (nSPS) is 13.6. The molecule has 0 aliphatic rings. The molecule has 2 unspecified atom stereocenters. The summed E-state index contributed by atoms with van der Waals surface area (Å²) in [6, 6.07) is 0. The summed E-state index contributed by atoms with van der Waals surface area (Å²) >= 11 is 0. The van der Waals surface area contributed by atoms with E-state index in [9.17, 15) is 19.0 Å². The number of unbranched alkanes of at least 4 members (excludes halogenated alkanes) is 21. The molecule has 0 aromatic rings. The first-order valence-corrected chi connectivity index (χ1v) is 23.4. The molecule has 0 spiro atoms. The molecule has 0 amide bonds. The minimum atomic E-state index is -4.35. The first kappa shape index (κ1) is 52.2. The van der Waals surface area contributed by atoms with Crippen LogP contribution in [0, 0.1) is 0 Å². The average Bonchev–Trinajstić information content (AvgIpc) is 3.15. The minimum absolute atomic E-state index is 0.0191. The highest BCUT2D eigenvalue weighted by atomic mass is 31.2. The predicted molar refractivity (Wildman–Crippen MR) is 225 cm³/mol. The van der Waals surface area contributed by atoms with E-state index in [1.165, 1.54) is 89.9 Å². The lowest BCUT2D eigenvalue weighted by atomic mass is 10.0. The minimum Gasteiger partial charge on any atom is -0.462 e. The van der Waals surface area contributed by atoms with Crippen LogP contribution in [0.4, 0.5) is 0 Å². The van der Waals surface area contributed by atoms with Gasteiger partial charge in [-0.15, -0.1) is 0 Å². The van der Waals surface area contributed by atoms with E-state index in [4.69, 9.17) is 18.5 Å². The number of carbonyl (C=O) groups excluding carboxylic acids is 2. The molecule has 0 aliphatic carbocycles. The van der Waals surface area contributed by atoms with Crippen molar-refractivity contribution < 1.29 is 37.6 Å². The number of allylic oxidation sites excluding steroid dienone is 6. The fourth-order valence-corrected chi connectivity index (χ4v) is 6.73. The van der Waals surface area contributed by atoms with Crippen molar-refractivity contribution in [2.75, 3.05) is 33.4 Å². The Hall–Kier alpha value is -1.77. The van der Waals surface area contributed by atoms with E-state index < -0.39 is 26.5 Å². The Labute approximate surface area is 331 Å². The third kappa shape index (κ3) is 39.9. The summed E-state index contributed by atoms with van der Waals surface area (Å²) in [4.78, 5) is 35.1. The van der Waals surface area contributed by atoms with Crippen molar-refractivity contribution in [3.8, 4) is 0 Å². The summed E-state index contributed by atoms with van der Waals surface area (Å²) in [7, 11) is -2.65. The van der Waals surface area contributed by atoms with Gasteiger partial charge in [0.1, 0.15) is 6.61 Å². The highest BCUT2D eigenvalue weighted by Crippen LogP contribution is 2.43. The third-order valence-electron chi connectivity index (χ3n) is 9.27. The Morgan fingerprint density at radius 1 is 0.593 bits per heavy atom. The number of esters is 2. The molecular weight excluding hydrogens is 701 g/mol. The van der Waals surface area contributed by atoms with Crippen molar-refractivity contribution in [3.63, 3.8) is 0 Å². The van der Waals surface area contributed by atoms with Crippen molar-refractivity contribution in [3.05, 3.63) is 36.5 Å². The van der Waals surface area contributed by atoms with Crippen LogP contribution >= 0.6 is 7.82 Å². The SMILES string of the molecule is CC/C=C\C/C=C\C/C=C\CCCCCCCC(=O)OCC(COP(=O)(O)OCCNC)OC(=O)CCCCCCCCCCCCCCCCCCC. The summed E-state index contributed by atoms with van der Waals surface area (Å²) in [6.07, 6.45) is 43.3. The quantitative estimate of drug-likeness (QED) is 0.0270. The van der Waals surface area contributed by atoms with E-state index in [2.05, 4.69) is 55.6 Å². The molecule has 54 heavy (non-hydrogen) atoms. The molecule has 9 nitrogen and oxygen atoms in total. The maximum Gasteiger partial charge on any atom is 0.472 e. The summed E-state index contributed by atoms with van der Waals surface area (Å²) in [5, 5.41) is 2.82. The highest BCUT2D eigenvalue weighted by molar-refractivity contribution is 7.47. The van der Waals surface area contributed by atoms with E-state index in [0.717, 1.165) is 70.6 Å². The van der Waals surface area contributed by atoms with Crippen molar-refractivity contribution >= 4 is 19.8 Å². The van der Waals surface area contributed by atoms with Crippen LogP contribution in [-0.2, 0) is 32.7 Å². The summed E-state index contributed by atoms with van der Waals surface area (Å²) in [5.74, 6) is -0.821. The largest absolute Gasteiger partial charge is 0.472 e. The van der Waals surface area contributed by atoms with Crippen LogP contribution in [0.1, 0.15) is 194 Å². The van der Waals surface area contributed by atoms with Crippen LogP contribution in [0.2, 0.25) is 0 Å². The van der Waals surface area contributed by atoms with Gasteiger partial charge in [0, 0.05) is 19.4 Å². The zero-order chi connectivity index (χ0) is 39.6. The van der Waals surface area contributed by atoms with Gasteiger partial charge >= 0.3 is 19.8 Å². The molecule has 0 bridgehead atoms. The zero-order valence-corrected chi connectivity index (χ0v) is 35.8. The standard InChI is InChI=1S/C44H82NO8P/c1-4-6-8-10-12-14-16-18-20-21-23-25-27-29-31-33-35-37-44(47)53-42(41-52-54(48,49)51-39-38-45-3)40-50-43(46)36-34-32-30-28-26-24-22-19-17-15-13-11-9-7-5-2/h7,9,13,15,19,22,42,45H,4-6,8,10-12,14,16-18,20-21,23-41H2,1-3H3,(H,48,49)/b9-7-,15-13-,22-19-. The van der Waals surface area contributed by atoms with E-state index in [1.807, 2.05) is 0 Å². The van der Waals surface area contributed by atoms with Crippen molar-refractivity contribution in [2.24, 2.45) is 0 Å². The number of hydrogen-bond acceptors (Lipinski definition) is 8. The Bertz CT molecular complexity index is 986. The van der Waals surface area contributed by atoms with Crippen LogP contribution in [0.3, 0.4) is 0 Å². The molecule has 2 atom stereocenters. The van der Waals surface area contributed by atoms with E-state index in [1.54, 1.807) is 7.05 Å². The lowest BCUT2D eigenvalue weighted by Crippen LogP contribution is -2.29. The third-order valence-corrected chi connectivity index (χ3v) is 10.3. The van der Waals surface area contributed by atoms with Gasteiger partial charge in [-0.3, -0.25) is 18.6 Å². The smallest absolute Gasteiger partial charge is 0.462 e. The maximum absolute atomic E-state index is 12.6. The lowest BCUT2D eigenvalue weighted by Gasteiger charge is -2.20. The van der Waals surface area contributed by atoms with Gasteiger partial charge in [-0.1, -0.05) is 172 Å². The van der Waals surface area contributed by atoms with E-state index in [0.29, 0.717) is 13.0 Å². The predicted octanol–water partition coefficient (Wildman–Crippen LogP) is 12.4. The molecule has 0 aliphatic heterocycles. The molecule has 316 valence electrons. The molecule has 0 heterocycles. The average molecular weight is 784 g/mol. The summed E-state index contributed by atoms with van der Waals surface area (Å²) in [5.41, 5.74) is 0. The number of likely N-dealkylation sites (N-methyl/N-ethyl adjacent to an activating group) is 1. The number of hydrogen-bond donors (Lipinski definition) is 2. The Morgan fingerprint density at radius 2 is 1.06 bits per heavy atom. The first-order valence-electron chi connectivity index (χ1n) is 21.9. The van der Waals surface area contributed by atoms with Gasteiger partial charge in [0.25, 0.3) is 0 Å². The molecule has 0 radical (unpaired) electrons. The fraction of sp³-hybridized carbons (Fsp3) is 0.818. The number of phosphoric acid groups is 1. The fourth-order valence-electron chi connectivity index (χ4n) is 5.98. The van der Waals surface area contributed by atoms with Crippen LogP contribution < -0.4 is 5.32 Å². The molecule has 0 aromatic heterocycles. The van der Waals surface area contributed by atoms with Gasteiger partial charge in [0.05, 0.1) is 13.2 Å². The second-order valence-electron chi connectivity index (χ2n) is 14.5. The Morgan fingerprint density at radius 3 is 1.57 bits per heavy atom. The zero-order valence-electron chi connectivity index (χ0n) is 34.9. The van der Waals surface area contributed by atoms with E-state index >= 15 is 0 Å². The second-order valence-corrected chi connectivity index (χ2v) is 16.0. The van der Waals surface area contributed by atoms with Crippen LogP contribution in [0.15, 0.2) is 36.5 Å². The number of rotatable bonds is 41. The summed E-state index contributed by atoms with van der Waals surface area (Å²) in [6.45, 7) is 4.11. The number of nitrogens with one attached hydrogen (secondary N) is 1. The number of ether oxygens (including phenoxy) is 2. The topological polar surface area (TPSA) is 120 Å². The molecular formula is C44H82NO8P. The van der Waals surface area contributed by atoms with Gasteiger partial charge in [-0.25, -0.2) is 4.57 Å². The second kappa shape index (κ2) is 40.9. The first-order chi connectivity index (χ1) is 26.3. The molecule has 10 heteroatoms. The van der Waals surface area contributed by atoms with Crippen LogP contribution in [0.5, 0.6) is 0 Å².